The molecule has 1 rings (SSSR count). The van der Waals surface area contributed by atoms with Crippen molar-refractivity contribution in [3.63, 3.8) is 0 Å². The summed E-state index contributed by atoms with van der Waals surface area (Å²) in [5.41, 5.74) is 0.110. The number of rotatable bonds is 9. The van der Waals surface area contributed by atoms with Gasteiger partial charge in [-0.15, -0.1) is 0 Å². The number of aryl methyl sites for hydroxylation is 1. The van der Waals surface area contributed by atoms with E-state index in [1.807, 2.05) is 0 Å². The maximum atomic E-state index is 11.8. The van der Waals surface area contributed by atoms with Crippen molar-refractivity contribution in [3.05, 3.63) is 22.1 Å². The standard InChI is InChI=1S/C15H22F3N5O4/c1-10-8-11(24)22-12(21-10)23-13(25)19-6-4-2-3-5-7-20-14(26)27-9-15(16,17)18/h8H,2-7,9H2,1H3,(H,20,26)(H3,19,21,22,23,24,25). The minimum atomic E-state index is -4.54. The quantitative estimate of drug-likeness (QED) is 0.478. The molecule has 0 bridgehead atoms. The molecule has 0 atom stereocenters. The number of urea groups is 1. The first-order valence-electron chi connectivity index (χ1n) is 8.26. The Kier molecular flexibility index (Phi) is 9.09. The third kappa shape index (κ3) is 11.4. The van der Waals surface area contributed by atoms with E-state index in [9.17, 15) is 27.6 Å². The summed E-state index contributed by atoms with van der Waals surface area (Å²) in [4.78, 5) is 40.2. The van der Waals surface area contributed by atoms with Crippen LogP contribution in [0.1, 0.15) is 31.4 Å². The number of alkyl carbamates (subject to hydrolysis) is 1. The average Bonchev–Trinajstić information content (AvgIpc) is 2.53. The molecule has 27 heavy (non-hydrogen) atoms. The molecule has 1 aromatic heterocycles. The first-order valence-corrected chi connectivity index (χ1v) is 8.26. The molecule has 1 aromatic rings. The van der Waals surface area contributed by atoms with Gasteiger partial charge in [0.1, 0.15) is 0 Å². The number of nitrogens with zero attached hydrogens (tertiary/aromatic N) is 1. The predicted octanol–water partition coefficient (Wildman–Crippen LogP) is 2.05. The van der Waals surface area contributed by atoms with Gasteiger partial charge >= 0.3 is 18.3 Å². The van der Waals surface area contributed by atoms with Crippen LogP contribution in [0.2, 0.25) is 0 Å². The fourth-order valence-corrected chi connectivity index (χ4v) is 1.98. The molecule has 0 spiro atoms. The third-order valence-electron chi connectivity index (χ3n) is 3.13. The van der Waals surface area contributed by atoms with Gasteiger partial charge in [-0.05, 0) is 19.8 Å². The van der Waals surface area contributed by atoms with Gasteiger partial charge in [-0.2, -0.15) is 13.2 Å². The van der Waals surface area contributed by atoms with E-state index in [0.29, 0.717) is 25.1 Å². The minimum Gasteiger partial charge on any atom is -0.440 e. The Balaban J connectivity index is 2.03. The molecule has 12 heteroatoms. The second-order valence-corrected chi connectivity index (χ2v) is 5.65. The fourth-order valence-electron chi connectivity index (χ4n) is 1.98. The number of alkyl halides is 3. The largest absolute Gasteiger partial charge is 0.440 e. The molecule has 0 radical (unpaired) electrons. The highest BCUT2D eigenvalue weighted by atomic mass is 19.4. The molecule has 0 aliphatic carbocycles. The van der Waals surface area contributed by atoms with Crippen LogP contribution in [0.5, 0.6) is 0 Å². The van der Waals surface area contributed by atoms with Crippen LogP contribution in [-0.4, -0.2) is 48.0 Å². The van der Waals surface area contributed by atoms with Gasteiger partial charge in [0.15, 0.2) is 6.61 Å². The van der Waals surface area contributed by atoms with Crippen molar-refractivity contribution in [1.82, 2.24) is 20.6 Å². The highest BCUT2D eigenvalue weighted by Crippen LogP contribution is 2.14. The maximum absolute atomic E-state index is 11.8. The topological polar surface area (TPSA) is 125 Å². The Morgan fingerprint density at radius 2 is 1.78 bits per heavy atom. The van der Waals surface area contributed by atoms with Crippen molar-refractivity contribution >= 4 is 18.1 Å². The molecular formula is C15H22F3N5O4. The number of amides is 3. The lowest BCUT2D eigenvalue weighted by Crippen LogP contribution is -2.31. The van der Waals surface area contributed by atoms with Crippen LogP contribution in [-0.2, 0) is 4.74 Å². The lowest BCUT2D eigenvalue weighted by atomic mass is 10.2. The SMILES string of the molecule is Cc1cc(=O)[nH]c(NC(=O)NCCCCCCNC(=O)OCC(F)(F)F)n1. The number of aromatic nitrogens is 2. The monoisotopic (exact) mass is 393 g/mol. The first kappa shape index (κ1) is 22.3. The summed E-state index contributed by atoms with van der Waals surface area (Å²) in [6, 6.07) is 0.798. The van der Waals surface area contributed by atoms with E-state index in [2.05, 4.69) is 30.7 Å². The van der Waals surface area contributed by atoms with Gasteiger partial charge in [-0.1, -0.05) is 12.8 Å². The zero-order chi connectivity index (χ0) is 20.3. The van der Waals surface area contributed by atoms with E-state index in [4.69, 9.17) is 0 Å². The Morgan fingerprint density at radius 3 is 2.37 bits per heavy atom. The van der Waals surface area contributed by atoms with Crippen molar-refractivity contribution in [2.75, 3.05) is 25.0 Å². The van der Waals surface area contributed by atoms with E-state index < -0.39 is 24.9 Å². The predicted molar refractivity (Wildman–Crippen MR) is 90.5 cm³/mol. The van der Waals surface area contributed by atoms with Gasteiger partial charge in [0.2, 0.25) is 5.95 Å². The summed E-state index contributed by atoms with van der Waals surface area (Å²) in [5.74, 6) is 0.0565. The summed E-state index contributed by atoms with van der Waals surface area (Å²) >= 11 is 0. The van der Waals surface area contributed by atoms with Gasteiger partial charge < -0.3 is 15.4 Å². The summed E-state index contributed by atoms with van der Waals surface area (Å²) in [6.07, 6.45) is -2.94. The number of H-pyrrole nitrogens is 1. The number of halogens is 3. The van der Waals surface area contributed by atoms with Crippen LogP contribution in [0.15, 0.2) is 10.9 Å². The molecule has 152 valence electrons. The second-order valence-electron chi connectivity index (χ2n) is 5.65. The summed E-state index contributed by atoms with van der Waals surface area (Å²) in [6.45, 7) is 0.613. The van der Waals surface area contributed by atoms with Crippen molar-refractivity contribution in [3.8, 4) is 0 Å². The van der Waals surface area contributed by atoms with Gasteiger partial charge in [0.05, 0.1) is 0 Å². The fraction of sp³-hybridized carbons (Fsp3) is 0.600. The highest BCUT2D eigenvalue weighted by molar-refractivity contribution is 5.87. The lowest BCUT2D eigenvalue weighted by Gasteiger charge is -2.09. The van der Waals surface area contributed by atoms with Crippen LogP contribution in [0.4, 0.5) is 28.7 Å². The second kappa shape index (κ2) is 11.0. The molecule has 9 nitrogen and oxygen atoms in total. The molecule has 0 aliphatic heterocycles. The number of unbranched alkanes of at least 4 members (excludes halogenated alkanes) is 3. The van der Waals surface area contributed by atoms with Crippen molar-refractivity contribution in [2.45, 2.75) is 38.8 Å². The average molecular weight is 393 g/mol. The Bertz CT molecular complexity index is 678. The maximum Gasteiger partial charge on any atom is 0.422 e. The Morgan fingerprint density at radius 1 is 1.15 bits per heavy atom. The van der Waals surface area contributed by atoms with Gasteiger partial charge in [0, 0.05) is 24.8 Å². The van der Waals surface area contributed by atoms with Crippen molar-refractivity contribution in [1.29, 1.82) is 0 Å². The van der Waals surface area contributed by atoms with E-state index in [-0.39, 0.29) is 18.1 Å². The van der Waals surface area contributed by atoms with Gasteiger partial charge in [-0.25, -0.2) is 14.6 Å². The number of hydrogen-bond donors (Lipinski definition) is 4. The number of ether oxygens (including phenoxy) is 1. The van der Waals surface area contributed by atoms with E-state index in [0.717, 1.165) is 12.8 Å². The number of aromatic amines is 1. The molecule has 0 aromatic carbocycles. The van der Waals surface area contributed by atoms with Crippen LogP contribution >= 0.6 is 0 Å². The molecule has 0 fully saturated rings. The van der Waals surface area contributed by atoms with Crippen molar-refractivity contribution < 1.29 is 27.5 Å². The molecular weight excluding hydrogens is 371 g/mol. The Hall–Kier alpha value is -2.79. The summed E-state index contributed by atoms with van der Waals surface area (Å²) in [7, 11) is 0. The number of hydrogen-bond acceptors (Lipinski definition) is 5. The minimum absolute atomic E-state index is 0.0565. The number of carbonyl (C=O) groups is 2. The number of carbonyl (C=O) groups excluding carboxylic acids is 2. The molecule has 0 unspecified atom stereocenters. The number of anilines is 1. The van der Waals surface area contributed by atoms with Gasteiger partial charge in [-0.3, -0.25) is 15.1 Å². The molecule has 0 saturated heterocycles. The Labute approximate surface area is 153 Å². The molecule has 1 heterocycles. The van der Waals surface area contributed by atoms with Crippen LogP contribution in [0.3, 0.4) is 0 Å². The van der Waals surface area contributed by atoms with Gasteiger partial charge in [0.25, 0.3) is 5.56 Å². The van der Waals surface area contributed by atoms with E-state index in [1.165, 1.54) is 6.07 Å². The normalized spacial score (nSPS) is 11.0. The summed E-state index contributed by atoms with van der Waals surface area (Å²) in [5, 5.41) is 7.24. The van der Waals surface area contributed by atoms with Crippen molar-refractivity contribution in [2.24, 2.45) is 0 Å². The smallest absolute Gasteiger partial charge is 0.422 e. The zero-order valence-electron chi connectivity index (χ0n) is 14.7. The van der Waals surface area contributed by atoms with Crippen LogP contribution < -0.4 is 21.5 Å². The van der Waals surface area contributed by atoms with E-state index >= 15 is 0 Å². The zero-order valence-corrected chi connectivity index (χ0v) is 14.7. The highest BCUT2D eigenvalue weighted by Gasteiger charge is 2.29. The van der Waals surface area contributed by atoms with Crippen LogP contribution in [0.25, 0.3) is 0 Å². The molecule has 0 aliphatic rings. The first-order chi connectivity index (χ1) is 12.7. The lowest BCUT2D eigenvalue weighted by molar-refractivity contribution is -0.160. The third-order valence-corrected chi connectivity index (χ3v) is 3.13. The summed E-state index contributed by atoms with van der Waals surface area (Å²) < 4.78 is 39.5. The molecule has 3 amide bonds. The van der Waals surface area contributed by atoms with E-state index in [1.54, 1.807) is 6.92 Å². The molecule has 4 N–H and O–H groups in total. The van der Waals surface area contributed by atoms with Crippen LogP contribution in [0, 0.1) is 6.92 Å². The number of nitrogens with one attached hydrogen (secondary N) is 4. The molecule has 0 saturated carbocycles.